The van der Waals surface area contributed by atoms with Crippen LogP contribution in [0.5, 0.6) is 0 Å². The number of rotatable bonds is 2. The van der Waals surface area contributed by atoms with E-state index in [4.69, 9.17) is 0 Å². The summed E-state index contributed by atoms with van der Waals surface area (Å²) in [5, 5.41) is 5.89. The molecule has 0 radical (unpaired) electrons. The van der Waals surface area contributed by atoms with E-state index < -0.39 is 0 Å². The standard InChI is InChI=1S/C9H11BrN4OS/c10-7-3-13-8(4-12-7)14-9(15)6-5-16-2-1-11-6/h3-4,6,11H,1-2,5H2,(H,13,14,15). The van der Waals surface area contributed by atoms with E-state index in [2.05, 4.69) is 36.5 Å². The zero-order chi connectivity index (χ0) is 11.4. The normalized spacial score (nSPS) is 20.4. The highest BCUT2D eigenvalue weighted by Gasteiger charge is 2.21. The Kier molecular flexibility index (Phi) is 4.14. The van der Waals surface area contributed by atoms with E-state index in [0.717, 1.165) is 18.1 Å². The first-order chi connectivity index (χ1) is 7.75. The van der Waals surface area contributed by atoms with Crippen LogP contribution in [0.15, 0.2) is 17.0 Å². The summed E-state index contributed by atoms with van der Waals surface area (Å²) in [5.74, 6) is 2.28. The van der Waals surface area contributed by atoms with Gasteiger partial charge in [0.2, 0.25) is 5.91 Å². The first-order valence-corrected chi connectivity index (χ1v) is 6.80. The number of carbonyl (C=O) groups excluding carboxylic acids is 1. The summed E-state index contributed by atoms with van der Waals surface area (Å²) in [6.45, 7) is 0.870. The average Bonchev–Trinajstić information content (AvgIpc) is 2.33. The van der Waals surface area contributed by atoms with Crippen LogP contribution in [-0.2, 0) is 4.79 Å². The molecule has 1 aromatic heterocycles. The van der Waals surface area contributed by atoms with Gasteiger partial charge in [0.1, 0.15) is 4.60 Å². The molecule has 0 aliphatic carbocycles. The molecule has 1 saturated heterocycles. The second kappa shape index (κ2) is 5.60. The van der Waals surface area contributed by atoms with Crippen LogP contribution in [0.1, 0.15) is 0 Å². The van der Waals surface area contributed by atoms with Crippen LogP contribution in [0.3, 0.4) is 0 Å². The highest BCUT2D eigenvalue weighted by molar-refractivity contribution is 9.10. The summed E-state index contributed by atoms with van der Waals surface area (Å²) in [5.41, 5.74) is 0. The lowest BCUT2D eigenvalue weighted by Gasteiger charge is -2.21. The molecule has 86 valence electrons. The van der Waals surface area contributed by atoms with Crippen LogP contribution in [0, 0.1) is 0 Å². The number of anilines is 1. The Labute approximate surface area is 106 Å². The lowest BCUT2D eigenvalue weighted by atomic mass is 10.3. The van der Waals surface area contributed by atoms with Gasteiger partial charge in [-0.2, -0.15) is 11.8 Å². The van der Waals surface area contributed by atoms with E-state index in [9.17, 15) is 4.79 Å². The lowest BCUT2D eigenvalue weighted by molar-refractivity contribution is -0.117. The van der Waals surface area contributed by atoms with Gasteiger partial charge in [0, 0.05) is 18.1 Å². The second-order valence-electron chi connectivity index (χ2n) is 3.30. The molecule has 1 amide bonds. The SMILES string of the molecule is O=C(Nc1cnc(Br)cn1)C1CSCCN1. The molecule has 2 heterocycles. The molecule has 1 aliphatic rings. The van der Waals surface area contributed by atoms with E-state index in [1.54, 1.807) is 18.0 Å². The van der Waals surface area contributed by atoms with Crippen molar-refractivity contribution < 1.29 is 4.79 Å². The van der Waals surface area contributed by atoms with Gasteiger partial charge in [0.15, 0.2) is 5.82 Å². The van der Waals surface area contributed by atoms with Gasteiger partial charge in [0.05, 0.1) is 18.4 Å². The number of amides is 1. The minimum atomic E-state index is -0.135. The third-order valence-electron chi connectivity index (χ3n) is 2.11. The summed E-state index contributed by atoms with van der Waals surface area (Å²) in [6.07, 6.45) is 3.08. The van der Waals surface area contributed by atoms with E-state index in [0.29, 0.717) is 10.4 Å². The van der Waals surface area contributed by atoms with E-state index >= 15 is 0 Å². The third-order valence-corrected chi connectivity index (χ3v) is 3.58. The van der Waals surface area contributed by atoms with Crippen LogP contribution >= 0.6 is 27.7 Å². The minimum absolute atomic E-state index is 0.0520. The van der Waals surface area contributed by atoms with Crippen LogP contribution in [0.2, 0.25) is 0 Å². The molecule has 5 nitrogen and oxygen atoms in total. The molecule has 2 N–H and O–H groups in total. The summed E-state index contributed by atoms with van der Waals surface area (Å²) >= 11 is 4.96. The van der Waals surface area contributed by atoms with Crippen molar-refractivity contribution >= 4 is 39.4 Å². The van der Waals surface area contributed by atoms with E-state index in [1.165, 1.54) is 6.20 Å². The van der Waals surface area contributed by atoms with Gasteiger partial charge >= 0.3 is 0 Å². The molecule has 1 fully saturated rings. The minimum Gasteiger partial charge on any atom is -0.308 e. The molecular formula is C9H11BrN4OS. The third kappa shape index (κ3) is 3.16. The predicted octanol–water partition coefficient (Wildman–Crippen LogP) is 0.883. The summed E-state index contributed by atoms with van der Waals surface area (Å²) in [6, 6.07) is -0.135. The van der Waals surface area contributed by atoms with Gasteiger partial charge in [-0.1, -0.05) is 0 Å². The maximum atomic E-state index is 11.8. The average molecular weight is 303 g/mol. The van der Waals surface area contributed by atoms with E-state index in [-0.39, 0.29) is 11.9 Å². The fourth-order valence-electron chi connectivity index (χ4n) is 1.32. The topological polar surface area (TPSA) is 66.9 Å². The number of carbonyl (C=O) groups is 1. The van der Waals surface area contributed by atoms with Crippen molar-refractivity contribution in [3.05, 3.63) is 17.0 Å². The van der Waals surface area contributed by atoms with Gasteiger partial charge in [-0.25, -0.2) is 9.97 Å². The zero-order valence-electron chi connectivity index (χ0n) is 8.44. The molecule has 16 heavy (non-hydrogen) atoms. The maximum Gasteiger partial charge on any atom is 0.243 e. The molecule has 1 unspecified atom stereocenters. The van der Waals surface area contributed by atoms with Crippen molar-refractivity contribution in [3.63, 3.8) is 0 Å². The Morgan fingerprint density at radius 1 is 1.56 bits per heavy atom. The van der Waals surface area contributed by atoms with Gasteiger partial charge in [0.25, 0.3) is 0 Å². The molecule has 0 spiro atoms. The zero-order valence-corrected chi connectivity index (χ0v) is 10.8. The van der Waals surface area contributed by atoms with Crippen molar-refractivity contribution in [3.8, 4) is 0 Å². The highest BCUT2D eigenvalue weighted by Crippen LogP contribution is 2.10. The van der Waals surface area contributed by atoms with Crippen LogP contribution in [-0.4, -0.2) is 40.0 Å². The molecule has 7 heteroatoms. The number of nitrogens with zero attached hydrogens (tertiary/aromatic N) is 2. The Morgan fingerprint density at radius 3 is 3.06 bits per heavy atom. The molecule has 0 aromatic carbocycles. The quantitative estimate of drug-likeness (QED) is 0.849. The largest absolute Gasteiger partial charge is 0.308 e. The van der Waals surface area contributed by atoms with Gasteiger partial charge in [-0.15, -0.1) is 0 Å². The molecular weight excluding hydrogens is 292 g/mol. The highest BCUT2D eigenvalue weighted by atomic mass is 79.9. The van der Waals surface area contributed by atoms with Crippen molar-refractivity contribution in [1.82, 2.24) is 15.3 Å². The summed E-state index contributed by atoms with van der Waals surface area (Å²) in [7, 11) is 0. The lowest BCUT2D eigenvalue weighted by Crippen LogP contribution is -2.46. The Morgan fingerprint density at radius 2 is 2.44 bits per heavy atom. The molecule has 1 aliphatic heterocycles. The van der Waals surface area contributed by atoms with Crippen molar-refractivity contribution in [2.24, 2.45) is 0 Å². The second-order valence-corrected chi connectivity index (χ2v) is 5.26. The van der Waals surface area contributed by atoms with Crippen molar-refractivity contribution in [1.29, 1.82) is 0 Å². The predicted molar refractivity (Wildman–Crippen MR) is 67.5 cm³/mol. The number of aromatic nitrogens is 2. The maximum absolute atomic E-state index is 11.8. The Hall–Kier alpha value is -0.660. The number of hydrogen-bond donors (Lipinski definition) is 2. The Bertz CT molecular complexity index is 366. The fourth-order valence-corrected chi connectivity index (χ4v) is 2.46. The number of thioether (sulfide) groups is 1. The number of nitrogens with one attached hydrogen (secondary N) is 2. The molecule has 2 rings (SSSR count). The molecule has 1 aromatic rings. The van der Waals surface area contributed by atoms with Crippen LogP contribution in [0.4, 0.5) is 5.82 Å². The Balaban J connectivity index is 1.93. The molecule has 1 atom stereocenters. The molecule has 0 bridgehead atoms. The van der Waals surface area contributed by atoms with Crippen LogP contribution in [0.25, 0.3) is 0 Å². The molecule has 0 saturated carbocycles. The first-order valence-electron chi connectivity index (χ1n) is 4.85. The van der Waals surface area contributed by atoms with Crippen LogP contribution < -0.4 is 10.6 Å². The van der Waals surface area contributed by atoms with Gasteiger partial charge in [-0.05, 0) is 15.9 Å². The summed E-state index contributed by atoms with van der Waals surface area (Å²) in [4.78, 5) is 19.8. The van der Waals surface area contributed by atoms with Crippen molar-refractivity contribution in [2.75, 3.05) is 23.4 Å². The summed E-state index contributed by atoms with van der Waals surface area (Å²) < 4.78 is 0.650. The first kappa shape index (κ1) is 11.8. The van der Waals surface area contributed by atoms with E-state index in [1.807, 2.05) is 0 Å². The van der Waals surface area contributed by atoms with Crippen molar-refractivity contribution in [2.45, 2.75) is 6.04 Å². The van der Waals surface area contributed by atoms with Gasteiger partial charge in [-0.3, -0.25) is 4.79 Å². The van der Waals surface area contributed by atoms with Gasteiger partial charge < -0.3 is 10.6 Å². The fraction of sp³-hybridized carbons (Fsp3) is 0.444. The monoisotopic (exact) mass is 302 g/mol. The smallest absolute Gasteiger partial charge is 0.243 e. The number of hydrogen-bond acceptors (Lipinski definition) is 5. The number of halogens is 1.